The number of anilines is 1. The quantitative estimate of drug-likeness (QED) is 0.288. The molecule has 0 spiro atoms. The fourth-order valence-electron chi connectivity index (χ4n) is 4.19. The van der Waals surface area contributed by atoms with E-state index in [1.165, 1.54) is 43.1 Å². The Kier molecular flexibility index (Phi) is 7.67. The second-order valence-corrected chi connectivity index (χ2v) is 8.93. The molecule has 3 aromatic rings. The summed E-state index contributed by atoms with van der Waals surface area (Å²) < 4.78 is 121. The highest BCUT2D eigenvalue weighted by atomic mass is 19.4. The Bertz CT molecular complexity index is 1450. The molecule has 2 atom stereocenters. The summed E-state index contributed by atoms with van der Waals surface area (Å²) in [4.78, 5) is 22.8. The van der Waals surface area contributed by atoms with E-state index >= 15 is 0 Å². The number of rotatable bonds is 6. The Morgan fingerprint density at radius 3 is 2.17 bits per heavy atom. The van der Waals surface area contributed by atoms with Crippen molar-refractivity contribution in [3.63, 3.8) is 0 Å². The minimum atomic E-state index is -5.01. The number of carbonyl (C=O) groups excluding carboxylic acids is 1. The Morgan fingerprint density at radius 2 is 1.59 bits per heavy atom. The highest BCUT2D eigenvalue weighted by Gasteiger charge is 2.40. The third kappa shape index (κ3) is 6.55. The molecule has 15 heteroatoms. The lowest BCUT2D eigenvalue weighted by atomic mass is 10.1. The number of amides is 1. The first-order chi connectivity index (χ1) is 19.0. The number of aromatic nitrogens is 2. The molecular formula is C26H19F9N4O2. The van der Waals surface area contributed by atoms with Gasteiger partial charge in [0.15, 0.2) is 0 Å². The molecule has 2 heterocycles. The molecule has 2 aromatic carbocycles. The predicted octanol–water partition coefficient (Wildman–Crippen LogP) is 7.08. The number of alkyl halides is 9. The lowest BCUT2D eigenvalue weighted by Gasteiger charge is -2.29. The molecule has 0 saturated carbocycles. The van der Waals surface area contributed by atoms with Crippen LogP contribution in [0.15, 0.2) is 72.6 Å². The van der Waals surface area contributed by atoms with E-state index in [4.69, 9.17) is 0 Å². The summed E-state index contributed by atoms with van der Waals surface area (Å²) in [6.45, 7) is 1.46. The van der Waals surface area contributed by atoms with Crippen molar-refractivity contribution in [3.05, 3.63) is 95.2 Å². The molecular weight excluding hydrogens is 571 g/mol. The van der Waals surface area contributed by atoms with E-state index in [9.17, 15) is 44.3 Å². The fraction of sp³-hybridized carbons (Fsp3) is 0.269. The van der Waals surface area contributed by atoms with Gasteiger partial charge in [-0.25, -0.2) is 9.97 Å². The van der Waals surface area contributed by atoms with E-state index in [1.54, 1.807) is 0 Å². The maximum absolute atomic E-state index is 13.7. The fourth-order valence-corrected chi connectivity index (χ4v) is 4.19. The summed E-state index contributed by atoms with van der Waals surface area (Å²) in [7, 11) is 1.39. The molecule has 1 aliphatic rings. The number of benzene rings is 2. The Morgan fingerprint density at radius 1 is 0.927 bits per heavy atom. The van der Waals surface area contributed by atoms with Gasteiger partial charge in [-0.1, -0.05) is 12.1 Å². The lowest BCUT2D eigenvalue weighted by Crippen LogP contribution is -2.34. The van der Waals surface area contributed by atoms with Crippen LogP contribution in [0, 0.1) is 0 Å². The normalized spacial score (nSPS) is 17.0. The second-order valence-electron chi connectivity index (χ2n) is 8.93. The van der Waals surface area contributed by atoms with E-state index < -0.39 is 53.8 Å². The molecule has 218 valence electrons. The topological polar surface area (TPSA) is 58.6 Å². The summed E-state index contributed by atoms with van der Waals surface area (Å²) in [5.41, 5.74) is -1.06. The van der Waals surface area contributed by atoms with Crippen molar-refractivity contribution < 1.29 is 49.0 Å². The van der Waals surface area contributed by atoms with Gasteiger partial charge in [-0.15, -0.1) is 13.2 Å². The second kappa shape index (κ2) is 10.6. The first kappa shape index (κ1) is 29.7. The van der Waals surface area contributed by atoms with Gasteiger partial charge in [-0.05, 0) is 61.0 Å². The van der Waals surface area contributed by atoms with Crippen LogP contribution in [0.4, 0.5) is 45.2 Å². The van der Waals surface area contributed by atoms with Crippen LogP contribution in [-0.2, 0) is 17.1 Å². The zero-order valence-electron chi connectivity index (χ0n) is 21.0. The minimum Gasteiger partial charge on any atom is -0.406 e. The molecule has 6 nitrogen and oxygen atoms in total. The highest BCUT2D eigenvalue weighted by molar-refractivity contribution is 6.08. The zero-order valence-corrected chi connectivity index (χ0v) is 21.0. The van der Waals surface area contributed by atoms with Gasteiger partial charge in [0, 0.05) is 18.9 Å². The van der Waals surface area contributed by atoms with Crippen LogP contribution >= 0.6 is 0 Å². The van der Waals surface area contributed by atoms with Crippen molar-refractivity contribution in [2.45, 2.75) is 37.7 Å². The summed E-state index contributed by atoms with van der Waals surface area (Å²) in [6, 6.07) is 7.41. The van der Waals surface area contributed by atoms with Crippen molar-refractivity contribution in [3.8, 4) is 5.75 Å². The van der Waals surface area contributed by atoms with Gasteiger partial charge in [-0.3, -0.25) is 9.69 Å². The molecule has 1 aromatic heterocycles. The maximum Gasteiger partial charge on any atom is 0.573 e. The van der Waals surface area contributed by atoms with Crippen LogP contribution in [0.25, 0.3) is 0 Å². The number of nitrogens with zero attached hydrogens (tertiary/aromatic N) is 4. The van der Waals surface area contributed by atoms with Crippen LogP contribution in [0.3, 0.4) is 0 Å². The minimum absolute atomic E-state index is 0.0103. The molecule has 0 N–H and O–H groups in total. The molecule has 1 amide bonds. The maximum atomic E-state index is 13.7. The predicted molar refractivity (Wildman–Crippen MR) is 126 cm³/mol. The van der Waals surface area contributed by atoms with Crippen molar-refractivity contribution in [1.82, 2.24) is 14.9 Å². The third-order valence-electron chi connectivity index (χ3n) is 6.26. The van der Waals surface area contributed by atoms with Gasteiger partial charge in [0.2, 0.25) is 5.82 Å². The Labute approximate surface area is 226 Å². The van der Waals surface area contributed by atoms with E-state index in [0.29, 0.717) is 0 Å². The van der Waals surface area contributed by atoms with Gasteiger partial charge in [0.25, 0.3) is 5.91 Å². The summed E-state index contributed by atoms with van der Waals surface area (Å²) in [6.07, 6.45) is -12.3. The van der Waals surface area contributed by atoms with Crippen LogP contribution < -0.4 is 9.64 Å². The van der Waals surface area contributed by atoms with Gasteiger partial charge in [0.1, 0.15) is 11.4 Å². The average molecular weight is 590 g/mol. The SMILES string of the molecule is C[C@H](c1ccnc(C(F)(F)F)n1)N(C)C1=CC(c2cccc(OC(F)(F)F)c2)N(c2ccc(C(F)(F)F)cc2)C1=O. The zero-order chi connectivity index (χ0) is 30.3. The first-order valence-corrected chi connectivity index (χ1v) is 11.7. The van der Waals surface area contributed by atoms with E-state index in [1.807, 2.05) is 0 Å². The summed E-state index contributed by atoms with van der Waals surface area (Å²) in [5, 5.41) is 0. The van der Waals surface area contributed by atoms with E-state index in [2.05, 4.69) is 14.7 Å². The van der Waals surface area contributed by atoms with E-state index in [0.717, 1.165) is 47.5 Å². The number of halogens is 9. The number of hydrogen-bond donors (Lipinski definition) is 0. The summed E-state index contributed by atoms with van der Waals surface area (Å²) >= 11 is 0. The molecule has 1 unspecified atom stereocenters. The van der Waals surface area contributed by atoms with Gasteiger partial charge in [0.05, 0.1) is 23.3 Å². The monoisotopic (exact) mass is 590 g/mol. The van der Waals surface area contributed by atoms with E-state index in [-0.39, 0.29) is 22.6 Å². The standard InChI is InChI=1S/C26H19F9N4O2/c1-14(19-10-11-36-23(37-19)25(30,31)32)38(2)21-13-20(15-4-3-5-18(12-15)41-26(33,34)35)39(22(21)40)17-8-6-16(7-9-17)24(27,28)29/h3-14,20H,1-2H3/t14-,20?/m1/s1. The lowest BCUT2D eigenvalue weighted by molar-refractivity contribution is -0.274. The molecule has 4 rings (SSSR count). The number of carbonyl (C=O) groups is 1. The molecule has 0 radical (unpaired) electrons. The Hall–Kier alpha value is -4.30. The molecule has 0 aliphatic carbocycles. The van der Waals surface area contributed by atoms with Gasteiger partial charge < -0.3 is 9.64 Å². The molecule has 41 heavy (non-hydrogen) atoms. The van der Waals surface area contributed by atoms with Gasteiger partial charge >= 0.3 is 18.7 Å². The summed E-state index contributed by atoms with van der Waals surface area (Å²) in [5.74, 6) is -2.76. The smallest absolute Gasteiger partial charge is 0.406 e. The van der Waals surface area contributed by atoms with Crippen molar-refractivity contribution in [2.24, 2.45) is 0 Å². The largest absolute Gasteiger partial charge is 0.573 e. The van der Waals surface area contributed by atoms with Crippen molar-refractivity contribution in [1.29, 1.82) is 0 Å². The average Bonchev–Trinajstić information content (AvgIpc) is 3.23. The number of hydrogen-bond acceptors (Lipinski definition) is 5. The van der Waals surface area contributed by atoms with Crippen molar-refractivity contribution >= 4 is 11.6 Å². The number of ether oxygens (including phenoxy) is 1. The highest BCUT2D eigenvalue weighted by Crippen LogP contribution is 2.41. The molecule has 1 aliphatic heterocycles. The molecule has 0 saturated heterocycles. The van der Waals surface area contributed by atoms with Crippen LogP contribution in [0.2, 0.25) is 0 Å². The van der Waals surface area contributed by atoms with Crippen LogP contribution in [0.5, 0.6) is 5.75 Å². The Balaban J connectivity index is 1.75. The molecule has 0 fully saturated rings. The number of likely N-dealkylation sites (N-methyl/N-ethyl adjacent to an activating group) is 1. The third-order valence-corrected chi connectivity index (χ3v) is 6.26. The van der Waals surface area contributed by atoms with Crippen molar-refractivity contribution in [2.75, 3.05) is 11.9 Å². The first-order valence-electron chi connectivity index (χ1n) is 11.7. The van der Waals surface area contributed by atoms with Gasteiger partial charge in [-0.2, -0.15) is 26.3 Å². The van der Waals surface area contributed by atoms with Crippen LogP contribution in [0.1, 0.15) is 41.7 Å². The van der Waals surface area contributed by atoms with Crippen LogP contribution in [-0.4, -0.2) is 34.2 Å². The molecule has 0 bridgehead atoms.